The molecule has 1 amide bonds. The molecule has 4 nitrogen and oxygen atoms in total. The predicted octanol–water partition coefficient (Wildman–Crippen LogP) is -0.122. The van der Waals surface area contributed by atoms with Crippen LogP contribution in [0.1, 0.15) is 20.3 Å². The fourth-order valence-corrected chi connectivity index (χ4v) is 1.39. The van der Waals surface area contributed by atoms with Gasteiger partial charge in [-0.3, -0.25) is 4.79 Å². The molecule has 0 spiro atoms. The van der Waals surface area contributed by atoms with E-state index in [9.17, 15) is 9.59 Å². The second-order valence-electron chi connectivity index (χ2n) is 3.90. The molecule has 78 valence electrons. The molecular formula is C10H16N2O2. The van der Waals surface area contributed by atoms with Crippen LogP contribution in [0.15, 0.2) is 5.57 Å². The van der Waals surface area contributed by atoms with Crippen LogP contribution in [-0.2, 0) is 9.59 Å². The molecule has 0 aromatic heterocycles. The van der Waals surface area contributed by atoms with E-state index in [1.54, 1.807) is 0 Å². The number of carbonyl (C=O) groups excluding carboxylic acids is 2. The van der Waals surface area contributed by atoms with Crippen molar-refractivity contribution >= 4 is 11.8 Å². The van der Waals surface area contributed by atoms with Crippen LogP contribution in [0.3, 0.4) is 0 Å². The summed E-state index contributed by atoms with van der Waals surface area (Å²) in [6.45, 7) is 5.38. The number of hydrogen-bond donors (Lipinski definition) is 2. The average Bonchev–Trinajstić information content (AvgIpc) is 2.61. The highest BCUT2D eigenvalue weighted by molar-refractivity contribution is 5.88. The average molecular weight is 196 g/mol. The molecule has 1 saturated heterocycles. The first-order valence-electron chi connectivity index (χ1n) is 4.90. The number of rotatable bonds is 3. The van der Waals surface area contributed by atoms with Gasteiger partial charge in [0.15, 0.2) is 0 Å². The van der Waals surface area contributed by atoms with Crippen molar-refractivity contribution in [3.63, 3.8) is 0 Å². The monoisotopic (exact) mass is 196 g/mol. The van der Waals surface area contributed by atoms with E-state index < -0.39 is 6.04 Å². The summed E-state index contributed by atoms with van der Waals surface area (Å²) in [5.74, 6) is 2.13. The van der Waals surface area contributed by atoms with Crippen LogP contribution >= 0.6 is 0 Å². The Kier molecular flexibility index (Phi) is 3.86. The third-order valence-corrected chi connectivity index (χ3v) is 2.17. The summed E-state index contributed by atoms with van der Waals surface area (Å²) in [5, 5.41) is 5.76. The Hall–Kier alpha value is -1.12. The molecule has 0 aromatic rings. The van der Waals surface area contributed by atoms with Crippen molar-refractivity contribution in [2.45, 2.75) is 26.3 Å². The van der Waals surface area contributed by atoms with Gasteiger partial charge in [0.05, 0.1) is 0 Å². The molecule has 0 radical (unpaired) electrons. The largest absolute Gasteiger partial charge is 0.354 e. The second kappa shape index (κ2) is 4.94. The normalized spacial score (nSPS) is 21.1. The third kappa shape index (κ3) is 2.69. The minimum Gasteiger partial charge on any atom is -0.354 e. The molecule has 1 aliphatic heterocycles. The lowest BCUT2D eigenvalue weighted by atomic mass is 10.1. The highest BCUT2D eigenvalue weighted by Gasteiger charge is 2.27. The lowest BCUT2D eigenvalue weighted by Gasteiger charge is -2.12. The van der Waals surface area contributed by atoms with E-state index in [1.807, 2.05) is 19.8 Å². The Morgan fingerprint density at radius 3 is 3.00 bits per heavy atom. The number of hydrogen-bond acceptors (Lipinski definition) is 3. The second-order valence-corrected chi connectivity index (χ2v) is 3.90. The van der Waals surface area contributed by atoms with Gasteiger partial charge in [-0.15, -0.1) is 0 Å². The quantitative estimate of drug-likeness (QED) is 0.619. The lowest BCUT2D eigenvalue weighted by molar-refractivity contribution is -0.122. The number of amides is 1. The van der Waals surface area contributed by atoms with Gasteiger partial charge in [-0.2, -0.15) is 0 Å². The zero-order valence-electron chi connectivity index (χ0n) is 8.59. The molecule has 1 aliphatic rings. The predicted molar refractivity (Wildman–Crippen MR) is 53.5 cm³/mol. The Bertz CT molecular complexity index is 267. The van der Waals surface area contributed by atoms with E-state index in [0.717, 1.165) is 0 Å². The van der Waals surface area contributed by atoms with Crippen LogP contribution in [0.5, 0.6) is 0 Å². The molecule has 0 bridgehead atoms. The van der Waals surface area contributed by atoms with Crippen molar-refractivity contribution in [3.05, 3.63) is 5.57 Å². The van der Waals surface area contributed by atoms with Crippen molar-refractivity contribution in [3.8, 4) is 0 Å². The van der Waals surface area contributed by atoms with Crippen molar-refractivity contribution in [2.24, 2.45) is 5.92 Å². The van der Waals surface area contributed by atoms with Crippen LogP contribution in [0, 0.1) is 5.92 Å². The first-order chi connectivity index (χ1) is 6.65. The summed E-state index contributed by atoms with van der Waals surface area (Å²) in [7, 11) is 0. The molecular weight excluding hydrogens is 180 g/mol. The molecule has 1 rings (SSSR count). The first-order valence-corrected chi connectivity index (χ1v) is 4.90. The molecule has 4 heteroatoms. The minimum absolute atomic E-state index is 0.116. The van der Waals surface area contributed by atoms with Gasteiger partial charge in [-0.25, -0.2) is 4.79 Å². The van der Waals surface area contributed by atoms with E-state index in [2.05, 4.69) is 10.6 Å². The van der Waals surface area contributed by atoms with Crippen LogP contribution in [0.2, 0.25) is 0 Å². The standard InChI is InChI=1S/C10H16N2O2/c1-7(2)5-12-10(14)9-8(6-13)3-4-11-9/h7,9,11H,3-5H2,1-2H3,(H,12,14)/t9-/m0/s1. The summed E-state index contributed by atoms with van der Waals surface area (Å²) in [4.78, 5) is 22.0. The fraction of sp³-hybridized carbons (Fsp3) is 0.700. The molecule has 0 unspecified atom stereocenters. The Balaban J connectivity index is 2.48. The highest BCUT2D eigenvalue weighted by atomic mass is 16.2. The van der Waals surface area contributed by atoms with Gasteiger partial charge in [0.1, 0.15) is 12.0 Å². The minimum atomic E-state index is -0.453. The van der Waals surface area contributed by atoms with Gasteiger partial charge in [0, 0.05) is 18.7 Å². The molecule has 1 atom stereocenters. The zero-order chi connectivity index (χ0) is 10.6. The summed E-state index contributed by atoms with van der Waals surface area (Å²) < 4.78 is 0. The van der Waals surface area contributed by atoms with Crippen LogP contribution in [0.25, 0.3) is 0 Å². The van der Waals surface area contributed by atoms with Crippen LogP contribution in [-0.4, -0.2) is 31.0 Å². The van der Waals surface area contributed by atoms with Crippen molar-refractivity contribution < 1.29 is 9.59 Å². The zero-order valence-corrected chi connectivity index (χ0v) is 8.59. The Labute approximate surface area is 83.8 Å². The molecule has 0 aromatic carbocycles. The van der Waals surface area contributed by atoms with E-state index in [-0.39, 0.29) is 5.91 Å². The molecule has 2 N–H and O–H groups in total. The summed E-state index contributed by atoms with van der Waals surface area (Å²) >= 11 is 0. The van der Waals surface area contributed by atoms with Crippen LogP contribution in [0.4, 0.5) is 0 Å². The number of nitrogens with one attached hydrogen (secondary N) is 2. The SMILES string of the molecule is CC(C)CNC(=O)[C@H]1NCCC1=C=O. The third-order valence-electron chi connectivity index (χ3n) is 2.17. The van der Waals surface area contributed by atoms with Gasteiger partial charge in [0.25, 0.3) is 0 Å². The Morgan fingerprint density at radius 2 is 2.43 bits per heavy atom. The number of carbonyl (C=O) groups is 1. The molecule has 0 saturated carbocycles. The maximum Gasteiger partial charge on any atom is 0.242 e. The van der Waals surface area contributed by atoms with E-state index >= 15 is 0 Å². The van der Waals surface area contributed by atoms with Crippen molar-refractivity contribution in [1.82, 2.24) is 10.6 Å². The summed E-state index contributed by atoms with van der Waals surface area (Å²) in [6, 6.07) is -0.453. The van der Waals surface area contributed by atoms with Crippen molar-refractivity contribution in [2.75, 3.05) is 13.1 Å². The van der Waals surface area contributed by atoms with E-state index in [4.69, 9.17) is 0 Å². The lowest BCUT2D eigenvalue weighted by Crippen LogP contribution is -2.42. The Morgan fingerprint density at radius 1 is 1.71 bits per heavy atom. The summed E-state index contributed by atoms with van der Waals surface area (Å²) in [5.41, 5.74) is 0.534. The fourth-order valence-electron chi connectivity index (χ4n) is 1.39. The first kappa shape index (κ1) is 11.0. The van der Waals surface area contributed by atoms with Gasteiger partial charge in [0.2, 0.25) is 5.91 Å². The van der Waals surface area contributed by atoms with Gasteiger partial charge in [-0.05, 0) is 12.3 Å². The summed E-state index contributed by atoms with van der Waals surface area (Å²) in [6.07, 6.45) is 0.628. The molecule has 1 fully saturated rings. The van der Waals surface area contributed by atoms with Gasteiger partial charge in [-0.1, -0.05) is 13.8 Å². The maximum atomic E-state index is 11.5. The molecule has 1 heterocycles. The smallest absolute Gasteiger partial charge is 0.242 e. The molecule has 14 heavy (non-hydrogen) atoms. The maximum absolute atomic E-state index is 11.5. The highest BCUT2D eigenvalue weighted by Crippen LogP contribution is 2.10. The van der Waals surface area contributed by atoms with Crippen LogP contribution < -0.4 is 10.6 Å². The van der Waals surface area contributed by atoms with Gasteiger partial charge < -0.3 is 10.6 Å². The van der Waals surface area contributed by atoms with Crippen molar-refractivity contribution in [1.29, 1.82) is 0 Å². The van der Waals surface area contributed by atoms with Gasteiger partial charge >= 0.3 is 0 Å². The molecule has 0 aliphatic carbocycles. The topological polar surface area (TPSA) is 58.2 Å². The van der Waals surface area contributed by atoms with E-state index in [1.165, 1.54) is 0 Å². The van der Waals surface area contributed by atoms with E-state index in [0.29, 0.717) is 31.0 Å².